The predicted octanol–water partition coefficient (Wildman–Crippen LogP) is 3.27. The quantitative estimate of drug-likeness (QED) is 0.602. The molecule has 0 atom stereocenters. The van der Waals surface area contributed by atoms with Crippen molar-refractivity contribution in [1.29, 1.82) is 0 Å². The summed E-state index contributed by atoms with van der Waals surface area (Å²) < 4.78 is 47.6. The van der Waals surface area contributed by atoms with E-state index in [-0.39, 0.29) is 22.6 Å². The van der Waals surface area contributed by atoms with E-state index in [1.54, 1.807) is 0 Å². The van der Waals surface area contributed by atoms with Crippen molar-refractivity contribution in [3.63, 3.8) is 0 Å². The van der Waals surface area contributed by atoms with Gasteiger partial charge in [0.1, 0.15) is 18.0 Å². The Bertz CT molecular complexity index is 922. The maximum atomic E-state index is 12.6. The molecule has 0 radical (unpaired) electrons. The molecule has 0 saturated heterocycles. The average molecular weight is 379 g/mol. The Labute approximate surface area is 151 Å². The van der Waals surface area contributed by atoms with Gasteiger partial charge in [0.2, 0.25) is 0 Å². The summed E-state index contributed by atoms with van der Waals surface area (Å²) >= 11 is 0. The van der Waals surface area contributed by atoms with E-state index in [1.165, 1.54) is 18.2 Å². The molecule has 2 aromatic rings. The third kappa shape index (κ3) is 3.62. The van der Waals surface area contributed by atoms with Crippen molar-refractivity contribution in [2.75, 3.05) is 13.7 Å². The van der Waals surface area contributed by atoms with Gasteiger partial charge in [0, 0.05) is 0 Å². The number of carbonyl (C=O) groups excluding carboxylic acids is 3. The summed E-state index contributed by atoms with van der Waals surface area (Å²) in [6.45, 7) is -0.516. The van der Waals surface area contributed by atoms with E-state index in [2.05, 4.69) is 4.74 Å². The normalized spacial score (nSPS) is 13.6. The Morgan fingerprint density at radius 3 is 2.15 bits per heavy atom. The van der Waals surface area contributed by atoms with Crippen LogP contribution in [-0.2, 0) is 15.7 Å². The van der Waals surface area contributed by atoms with Crippen LogP contribution < -0.4 is 4.74 Å². The molecule has 0 spiro atoms. The van der Waals surface area contributed by atoms with Gasteiger partial charge in [-0.3, -0.25) is 19.3 Å². The van der Waals surface area contributed by atoms with Crippen LogP contribution in [0, 0.1) is 0 Å². The maximum Gasteiger partial charge on any atom is 0.416 e. The molecule has 2 aromatic carbocycles. The SMILES string of the molecule is COC(=O)CN1C(=O)c2ccc(Oc3ccc(C(F)(F)F)cc3)cc2C1=O. The summed E-state index contributed by atoms with van der Waals surface area (Å²) in [6, 6.07) is 8.09. The fourth-order valence-corrected chi connectivity index (χ4v) is 2.52. The minimum atomic E-state index is -4.46. The highest BCUT2D eigenvalue weighted by atomic mass is 19.4. The van der Waals surface area contributed by atoms with Crippen LogP contribution in [0.15, 0.2) is 42.5 Å². The first-order chi connectivity index (χ1) is 12.7. The number of nitrogens with zero attached hydrogens (tertiary/aromatic N) is 1. The molecule has 0 N–H and O–H groups in total. The summed E-state index contributed by atoms with van der Waals surface area (Å²) in [6.07, 6.45) is -4.46. The monoisotopic (exact) mass is 379 g/mol. The molecule has 0 unspecified atom stereocenters. The minimum Gasteiger partial charge on any atom is -0.468 e. The van der Waals surface area contributed by atoms with Crippen molar-refractivity contribution in [3.05, 3.63) is 59.2 Å². The minimum absolute atomic E-state index is 0.0355. The van der Waals surface area contributed by atoms with Crippen LogP contribution in [0.3, 0.4) is 0 Å². The highest BCUT2D eigenvalue weighted by Gasteiger charge is 2.37. The first-order valence-corrected chi connectivity index (χ1v) is 7.63. The molecule has 1 aliphatic rings. The number of methoxy groups -OCH3 is 1. The van der Waals surface area contributed by atoms with Gasteiger partial charge >= 0.3 is 12.1 Å². The van der Waals surface area contributed by atoms with Crippen molar-refractivity contribution >= 4 is 17.8 Å². The van der Waals surface area contributed by atoms with E-state index in [0.717, 1.165) is 36.3 Å². The second-order valence-corrected chi connectivity index (χ2v) is 5.60. The first kappa shape index (κ1) is 18.4. The van der Waals surface area contributed by atoms with Gasteiger partial charge in [-0.05, 0) is 42.5 Å². The second kappa shape index (κ2) is 6.75. The number of benzene rings is 2. The van der Waals surface area contributed by atoms with Crippen molar-refractivity contribution in [2.45, 2.75) is 6.18 Å². The summed E-state index contributed by atoms with van der Waals surface area (Å²) in [7, 11) is 1.14. The van der Waals surface area contributed by atoms with Crippen LogP contribution in [0.5, 0.6) is 11.5 Å². The van der Waals surface area contributed by atoms with Crippen molar-refractivity contribution < 1.29 is 37.0 Å². The lowest BCUT2D eigenvalue weighted by atomic mass is 10.1. The number of imide groups is 1. The molecule has 1 aliphatic heterocycles. The zero-order chi connectivity index (χ0) is 19.8. The lowest BCUT2D eigenvalue weighted by Gasteiger charge is -2.11. The molecule has 0 fully saturated rings. The lowest BCUT2D eigenvalue weighted by Crippen LogP contribution is -2.35. The molecule has 6 nitrogen and oxygen atoms in total. The summed E-state index contributed by atoms with van der Waals surface area (Å²) in [4.78, 5) is 36.6. The van der Waals surface area contributed by atoms with Gasteiger partial charge in [0.15, 0.2) is 0 Å². The van der Waals surface area contributed by atoms with Crippen molar-refractivity contribution in [3.8, 4) is 11.5 Å². The number of hydrogen-bond acceptors (Lipinski definition) is 5. The van der Waals surface area contributed by atoms with E-state index in [0.29, 0.717) is 0 Å². The highest BCUT2D eigenvalue weighted by Crippen LogP contribution is 2.33. The van der Waals surface area contributed by atoms with E-state index < -0.39 is 36.1 Å². The fraction of sp³-hybridized carbons (Fsp3) is 0.167. The molecular weight excluding hydrogens is 367 g/mol. The molecule has 0 aliphatic carbocycles. The summed E-state index contributed by atoms with van der Waals surface area (Å²) in [5, 5.41) is 0. The zero-order valence-corrected chi connectivity index (χ0v) is 13.9. The number of esters is 1. The van der Waals surface area contributed by atoms with Crippen LogP contribution >= 0.6 is 0 Å². The largest absolute Gasteiger partial charge is 0.468 e. The van der Waals surface area contributed by atoms with Gasteiger partial charge < -0.3 is 9.47 Å². The molecule has 140 valence electrons. The van der Waals surface area contributed by atoms with Gasteiger partial charge in [-0.1, -0.05) is 0 Å². The molecule has 2 amide bonds. The Balaban J connectivity index is 1.81. The Morgan fingerprint density at radius 1 is 0.963 bits per heavy atom. The van der Waals surface area contributed by atoms with Gasteiger partial charge in [0.05, 0.1) is 23.8 Å². The van der Waals surface area contributed by atoms with Crippen LogP contribution in [0.4, 0.5) is 13.2 Å². The fourth-order valence-electron chi connectivity index (χ4n) is 2.52. The summed E-state index contributed by atoms with van der Waals surface area (Å²) in [5.41, 5.74) is -0.681. The number of carbonyl (C=O) groups is 3. The number of halogens is 3. The molecule has 0 aromatic heterocycles. The second-order valence-electron chi connectivity index (χ2n) is 5.60. The topological polar surface area (TPSA) is 72.9 Å². The van der Waals surface area contributed by atoms with E-state index >= 15 is 0 Å². The van der Waals surface area contributed by atoms with Gasteiger partial charge in [-0.15, -0.1) is 0 Å². The summed E-state index contributed by atoms with van der Waals surface area (Å²) in [5.74, 6) is -1.77. The molecule has 27 heavy (non-hydrogen) atoms. The van der Waals surface area contributed by atoms with Gasteiger partial charge in [0.25, 0.3) is 11.8 Å². The standard InChI is InChI=1S/C18H12F3NO5/c1-26-15(23)9-22-16(24)13-7-6-12(8-14(13)17(22)25)27-11-4-2-10(3-5-11)18(19,20)21/h2-8H,9H2,1H3. The average Bonchev–Trinajstić information content (AvgIpc) is 2.86. The van der Waals surface area contributed by atoms with Crippen LogP contribution in [-0.4, -0.2) is 36.3 Å². The molecule has 0 saturated carbocycles. The van der Waals surface area contributed by atoms with Crippen LogP contribution in [0.25, 0.3) is 0 Å². The van der Waals surface area contributed by atoms with Gasteiger partial charge in [-0.25, -0.2) is 0 Å². The number of fused-ring (bicyclic) bond motifs is 1. The van der Waals surface area contributed by atoms with Gasteiger partial charge in [-0.2, -0.15) is 13.2 Å². The zero-order valence-electron chi connectivity index (χ0n) is 13.9. The van der Waals surface area contributed by atoms with Crippen LogP contribution in [0.2, 0.25) is 0 Å². The Kier molecular flexibility index (Phi) is 4.61. The third-order valence-electron chi connectivity index (χ3n) is 3.87. The molecule has 1 heterocycles. The van der Waals surface area contributed by atoms with E-state index in [9.17, 15) is 27.6 Å². The number of amides is 2. The number of ether oxygens (including phenoxy) is 2. The van der Waals surface area contributed by atoms with Crippen LogP contribution in [0.1, 0.15) is 26.3 Å². The predicted molar refractivity (Wildman–Crippen MR) is 85.3 cm³/mol. The van der Waals surface area contributed by atoms with E-state index in [1.807, 2.05) is 0 Å². The van der Waals surface area contributed by atoms with Crippen molar-refractivity contribution in [2.24, 2.45) is 0 Å². The lowest BCUT2D eigenvalue weighted by molar-refractivity contribution is -0.141. The number of alkyl halides is 3. The Morgan fingerprint density at radius 2 is 1.56 bits per heavy atom. The molecule has 3 rings (SSSR count). The third-order valence-corrected chi connectivity index (χ3v) is 3.87. The number of rotatable bonds is 4. The maximum absolute atomic E-state index is 12.6. The molecule has 0 bridgehead atoms. The highest BCUT2D eigenvalue weighted by molar-refractivity contribution is 6.22. The molecular formula is C18H12F3NO5. The first-order valence-electron chi connectivity index (χ1n) is 7.63. The Hall–Kier alpha value is -3.36. The van der Waals surface area contributed by atoms with E-state index in [4.69, 9.17) is 4.74 Å². The molecule has 9 heteroatoms. The van der Waals surface area contributed by atoms with Crippen molar-refractivity contribution in [1.82, 2.24) is 4.90 Å². The number of hydrogen-bond donors (Lipinski definition) is 0. The smallest absolute Gasteiger partial charge is 0.416 e.